The first kappa shape index (κ1) is 9.26. The Bertz CT molecular complexity index is 382. The highest BCUT2D eigenvalue weighted by atomic mass is 15.6. The molecule has 0 N–H and O–H groups in total. The fraction of sp³-hybridized carbons (Fsp3) is 0.400. The molecule has 0 unspecified atom stereocenters. The Morgan fingerprint density at radius 1 is 0.750 bits per heavy atom. The van der Waals surface area contributed by atoms with E-state index in [0.29, 0.717) is 0 Å². The molecule has 0 aliphatic carbocycles. The molecular weight excluding hydrogens is 204 g/mol. The third-order valence-corrected chi connectivity index (χ3v) is 2.61. The zero-order valence-corrected chi connectivity index (χ0v) is 8.82. The van der Waals surface area contributed by atoms with Crippen molar-refractivity contribution < 1.29 is 0 Å². The molecule has 1 aromatic rings. The molecule has 0 fully saturated rings. The third kappa shape index (κ3) is 1.62. The fourth-order valence-electron chi connectivity index (χ4n) is 1.77. The summed E-state index contributed by atoms with van der Waals surface area (Å²) in [6, 6.07) is 8.14. The van der Waals surface area contributed by atoms with E-state index < -0.39 is 0 Å². The number of hydrogen-bond acceptors (Lipinski definition) is 6. The van der Waals surface area contributed by atoms with Crippen molar-refractivity contribution in [1.29, 1.82) is 0 Å². The molecule has 3 rings (SSSR count). The number of rotatable bonds is 2. The second kappa shape index (κ2) is 3.88. The largest absolute Gasteiger partial charge is 0.245 e. The molecule has 0 atom stereocenters. The molecular formula is C10H12N6. The van der Waals surface area contributed by atoms with Crippen molar-refractivity contribution in [3.05, 3.63) is 24.3 Å². The highest BCUT2D eigenvalue weighted by Crippen LogP contribution is 2.23. The van der Waals surface area contributed by atoms with Crippen molar-refractivity contribution in [1.82, 2.24) is 0 Å². The molecule has 6 heteroatoms. The standard InChI is InChI=1S/C10H12N6/c1-2-10(16-8-6-12-14-16)4-3-9(1)15-7-5-11-13-15/h1-4H,5-8H2. The first-order valence-corrected chi connectivity index (χ1v) is 5.33. The van der Waals surface area contributed by atoms with Crippen molar-refractivity contribution in [2.75, 3.05) is 36.2 Å². The number of nitrogens with zero attached hydrogens (tertiary/aromatic N) is 6. The lowest BCUT2D eigenvalue weighted by Gasteiger charge is -2.15. The van der Waals surface area contributed by atoms with Gasteiger partial charge in [0.25, 0.3) is 0 Å². The van der Waals surface area contributed by atoms with Gasteiger partial charge in [-0.25, -0.2) is 10.0 Å². The van der Waals surface area contributed by atoms with Crippen molar-refractivity contribution >= 4 is 11.4 Å². The minimum atomic E-state index is 0.780. The summed E-state index contributed by atoms with van der Waals surface area (Å²) < 4.78 is 0. The minimum Gasteiger partial charge on any atom is -0.245 e. The Labute approximate surface area is 93.2 Å². The maximum atomic E-state index is 4.04. The summed E-state index contributed by atoms with van der Waals surface area (Å²) in [4.78, 5) is 0. The van der Waals surface area contributed by atoms with Crippen molar-refractivity contribution in [2.45, 2.75) is 0 Å². The van der Waals surface area contributed by atoms with Crippen LogP contribution in [0.15, 0.2) is 44.9 Å². The highest BCUT2D eigenvalue weighted by Gasteiger charge is 2.12. The summed E-state index contributed by atoms with van der Waals surface area (Å²) in [5.74, 6) is 0. The van der Waals surface area contributed by atoms with Crippen LogP contribution < -0.4 is 10.0 Å². The third-order valence-electron chi connectivity index (χ3n) is 2.61. The van der Waals surface area contributed by atoms with Crippen LogP contribution in [0.3, 0.4) is 0 Å². The predicted octanol–water partition coefficient (Wildman–Crippen LogP) is 2.06. The summed E-state index contributed by atoms with van der Waals surface area (Å²) in [7, 11) is 0. The van der Waals surface area contributed by atoms with Gasteiger partial charge >= 0.3 is 0 Å². The van der Waals surface area contributed by atoms with Crippen LogP contribution in [0.25, 0.3) is 0 Å². The second-order valence-corrected chi connectivity index (χ2v) is 3.67. The molecule has 0 saturated heterocycles. The zero-order chi connectivity index (χ0) is 10.8. The zero-order valence-electron chi connectivity index (χ0n) is 8.82. The van der Waals surface area contributed by atoms with Gasteiger partial charge in [0.05, 0.1) is 37.6 Å². The molecule has 0 bridgehead atoms. The van der Waals surface area contributed by atoms with Crippen LogP contribution in [0.1, 0.15) is 0 Å². The maximum Gasteiger partial charge on any atom is 0.0817 e. The molecule has 0 spiro atoms. The molecule has 0 saturated carbocycles. The predicted molar refractivity (Wildman–Crippen MR) is 60.6 cm³/mol. The van der Waals surface area contributed by atoms with E-state index in [-0.39, 0.29) is 0 Å². The summed E-state index contributed by atoms with van der Waals surface area (Å²) in [5, 5.41) is 19.8. The van der Waals surface area contributed by atoms with E-state index >= 15 is 0 Å². The van der Waals surface area contributed by atoms with Crippen molar-refractivity contribution in [3.8, 4) is 0 Å². The van der Waals surface area contributed by atoms with Crippen molar-refractivity contribution in [2.24, 2.45) is 20.7 Å². The fourth-order valence-corrected chi connectivity index (χ4v) is 1.77. The molecule has 16 heavy (non-hydrogen) atoms. The van der Waals surface area contributed by atoms with E-state index in [4.69, 9.17) is 0 Å². The van der Waals surface area contributed by atoms with Gasteiger partial charge in [0, 0.05) is 0 Å². The first-order valence-electron chi connectivity index (χ1n) is 5.33. The van der Waals surface area contributed by atoms with Gasteiger partial charge in [0.1, 0.15) is 0 Å². The van der Waals surface area contributed by atoms with Gasteiger partial charge < -0.3 is 0 Å². The topological polar surface area (TPSA) is 55.9 Å². The Morgan fingerprint density at radius 2 is 1.19 bits per heavy atom. The van der Waals surface area contributed by atoms with Crippen molar-refractivity contribution in [3.63, 3.8) is 0 Å². The minimum absolute atomic E-state index is 0.780. The molecule has 0 amide bonds. The number of benzene rings is 1. The van der Waals surface area contributed by atoms with Crippen LogP contribution in [0, 0.1) is 0 Å². The second-order valence-electron chi connectivity index (χ2n) is 3.67. The Hall–Kier alpha value is -1.98. The molecule has 2 heterocycles. The van der Waals surface area contributed by atoms with E-state index in [1.165, 1.54) is 0 Å². The van der Waals surface area contributed by atoms with Gasteiger partial charge in [-0.05, 0) is 24.3 Å². The van der Waals surface area contributed by atoms with Gasteiger partial charge in [-0.15, -0.1) is 0 Å². The van der Waals surface area contributed by atoms with E-state index in [9.17, 15) is 0 Å². The molecule has 2 aliphatic heterocycles. The van der Waals surface area contributed by atoms with E-state index in [1.807, 2.05) is 34.3 Å². The van der Waals surface area contributed by atoms with Crippen LogP contribution in [-0.4, -0.2) is 26.2 Å². The summed E-state index contributed by atoms with van der Waals surface area (Å²) in [6.45, 7) is 3.29. The highest BCUT2D eigenvalue weighted by molar-refractivity contribution is 5.55. The van der Waals surface area contributed by atoms with Crippen LogP contribution >= 0.6 is 0 Å². The van der Waals surface area contributed by atoms with Gasteiger partial charge in [0.2, 0.25) is 0 Å². The lowest BCUT2D eigenvalue weighted by atomic mass is 10.2. The monoisotopic (exact) mass is 216 g/mol. The lowest BCUT2D eigenvalue weighted by molar-refractivity contribution is 0.930. The lowest BCUT2D eigenvalue weighted by Crippen LogP contribution is -2.15. The first-order chi connectivity index (χ1) is 7.93. The van der Waals surface area contributed by atoms with Crippen LogP contribution in [0.5, 0.6) is 0 Å². The van der Waals surface area contributed by atoms with Gasteiger partial charge in [-0.3, -0.25) is 0 Å². The normalized spacial score (nSPS) is 18.8. The average Bonchev–Trinajstić information content (AvgIpc) is 3.03. The Morgan fingerprint density at radius 3 is 1.50 bits per heavy atom. The van der Waals surface area contributed by atoms with Crippen LogP contribution in [0.2, 0.25) is 0 Å². The van der Waals surface area contributed by atoms with E-state index in [1.54, 1.807) is 0 Å². The van der Waals surface area contributed by atoms with Crippen LogP contribution in [0.4, 0.5) is 11.4 Å². The molecule has 2 aliphatic rings. The molecule has 0 radical (unpaired) electrons. The maximum absolute atomic E-state index is 4.04. The van der Waals surface area contributed by atoms with E-state index in [0.717, 1.165) is 37.6 Å². The quantitative estimate of drug-likeness (QED) is 0.759. The molecule has 82 valence electrons. The van der Waals surface area contributed by atoms with Gasteiger partial charge in [-0.1, -0.05) is 10.4 Å². The Kier molecular flexibility index (Phi) is 2.25. The van der Waals surface area contributed by atoms with E-state index in [2.05, 4.69) is 20.7 Å². The van der Waals surface area contributed by atoms with Gasteiger partial charge in [0.15, 0.2) is 0 Å². The molecule has 1 aromatic carbocycles. The SMILES string of the molecule is c1cc(N2CCN=N2)ccc1N1CCN=N1. The van der Waals surface area contributed by atoms with Crippen LogP contribution in [-0.2, 0) is 0 Å². The summed E-state index contributed by atoms with van der Waals surface area (Å²) >= 11 is 0. The Balaban J connectivity index is 1.79. The average molecular weight is 216 g/mol. The molecule has 0 aromatic heterocycles. The number of anilines is 2. The number of hydrogen-bond donors (Lipinski definition) is 0. The molecule has 6 nitrogen and oxygen atoms in total. The summed E-state index contributed by atoms with van der Waals surface area (Å²) in [5.41, 5.74) is 2.14. The smallest absolute Gasteiger partial charge is 0.0817 e. The van der Waals surface area contributed by atoms with Gasteiger partial charge in [-0.2, -0.15) is 10.2 Å². The summed E-state index contributed by atoms with van der Waals surface area (Å²) in [6.07, 6.45) is 0.